The van der Waals surface area contributed by atoms with Gasteiger partial charge in [0, 0.05) is 0 Å². The fourth-order valence-electron chi connectivity index (χ4n) is 6.37. The van der Waals surface area contributed by atoms with E-state index in [1.54, 1.807) is 12.2 Å². The van der Waals surface area contributed by atoms with Gasteiger partial charge < -0.3 is 46.0 Å². The fraction of sp³-hybridized carbons (Fsp3) is 0.786. The molecule has 1 aliphatic rings. The Morgan fingerprint density at radius 3 is 1.64 bits per heavy atom. The van der Waals surface area contributed by atoms with E-state index in [1.807, 2.05) is 6.08 Å². The van der Waals surface area contributed by atoms with Gasteiger partial charge in [0.2, 0.25) is 5.91 Å². The van der Waals surface area contributed by atoms with Gasteiger partial charge in [0.25, 0.3) is 0 Å². The molecule has 1 fully saturated rings. The predicted molar refractivity (Wildman–Crippen MR) is 219 cm³/mol. The molecule has 14 heteroatoms. The molecule has 0 saturated heterocycles. The van der Waals surface area contributed by atoms with Crippen molar-refractivity contribution in [3.63, 3.8) is 0 Å². The number of aliphatic hydroxyl groups excluding tert-OH is 7. The van der Waals surface area contributed by atoms with Gasteiger partial charge in [-0.05, 0) is 44.9 Å². The first kappa shape index (κ1) is 52.3. The minimum absolute atomic E-state index is 0.361. The number of rotatable bonds is 33. The van der Waals surface area contributed by atoms with Gasteiger partial charge in [-0.2, -0.15) is 0 Å². The number of hydrogen-bond acceptors (Lipinski definition) is 11. The summed E-state index contributed by atoms with van der Waals surface area (Å²) in [6.07, 6.45) is 22.4. The van der Waals surface area contributed by atoms with Crippen molar-refractivity contribution in [2.24, 2.45) is 0 Å². The van der Waals surface area contributed by atoms with Crippen LogP contribution in [0.1, 0.15) is 149 Å². The minimum Gasteiger partial charge on any atom is -0.389 e. The van der Waals surface area contributed by atoms with Crippen molar-refractivity contribution < 1.29 is 59.0 Å². The number of hydrogen-bond donors (Lipinski definition) is 9. The maximum Gasteiger partial charge on any atom is 0.472 e. The van der Waals surface area contributed by atoms with Gasteiger partial charge in [0.1, 0.15) is 36.6 Å². The molecule has 0 radical (unpaired) electrons. The zero-order chi connectivity index (χ0) is 41.6. The van der Waals surface area contributed by atoms with Gasteiger partial charge >= 0.3 is 7.82 Å². The van der Waals surface area contributed by atoms with Crippen molar-refractivity contribution in [2.45, 2.75) is 204 Å². The number of amides is 1. The first-order valence-electron chi connectivity index (χ1n) is 21.2. The Labute approximate surface area is 336 Å². The van der Waals surface area contributed by atoms with Crippen LogP contribution in [0.3, 0.4) is 0 Å². The van der Waals surface area contributed by atoms with Gasteiger partial charge in [-0.1, -0.05) is 146 Å². The number of allylic oxidation sites excluding steroid dienone is 6. The van der Waals surface area contributed by atoms with E-state index in [0.717, 1.165) is 32.1 Å². The second-order valence-corrected chi connectivity index (χ2v) is 16.4. The van der Waals surface area contributed by atoms with Gasteiger partial charge in [0.15, 0.2) is 0 Å². The summed E-state index contributed by atoms with van der Waals surface area (Å²) in [5.74, 6) is -0.673. The highest BCUT2D eigenvalue weighted by Gasteiger charge is 2.51. The van der Waals surface area contributed by atoms with Crippen molar-refractivity contribution in [3.05, 3.63) is 48.6 Å². The van der Waals surface area contributed by atoms with Crippen LogP contribution in [0.5, 0.6) is 0 Å². The highest BCUT2D eigenvalue weighted by molar-refractivity contribution is 7.47. The number of carbonyl (C=O) groups excluding carboxylic acids is 1. The molecule has 1 aliphatic carbocycles. The third-order valence-electron chi connectivity index (χ3n) is 9.89. The lowest BCUT2D eigenvalue weighted by Crippen LogP contribution is -2.64. The van der Waals surface area contributed by atoms with E-state index < -0.39 is 75.2 Å². The SMILES string of the molecule is CCCCCCCC/C=C\C/C=C\C(O)CC(=O)NC(COP(=O)(O)OC1C(O)C(O)C(O)C(O)C1O)C(O)/C=C/CC/C=C/CCCCCCCCCCC. The number of carbonyl (C=O) groups is 1. The third kappa shape index (κ3) is 24.2. The summed E-state index contributed by atoms with van der Waals surface area (Å²) < 4.78 is 22.7. The molecule has 0 aromatic carbocycles. The van der Waals surface area contributed by atoms with Crippen LogP contribution in [0, 0.1) is 0 Å². The smallest absolute Gasteiger partial charge is 0.389 e. The average Bonchev–Trinajstić information content (AvgIpc) is 3.17. The Balaban J connectivity index is 2.70. The normalized spacial score (nSPS) is 24.7. The molecule has 8 atom stereocenters. The lowest BCUT2D eigenvalue weighted by atomic mass is 9.85. The Bertz CT molecular complexity index is 1150. The molecule has 0 aliphatic heterocycles. The molecular formula is C42H76NO12P. The fourth-order valence-corrected chi connectivity index (χ4v) is 7.34. The topological polar surface area (TPSA) is 226 Å². The van der Waals surface area contributed by atoms with Crippen molar-refractivity contribution in [1.29, 1.82) is 0 Å². The summed E-state index contributed by atoms with van der Waals surface area (Å²) in [7, 11) is -5.16. The van der Waals surface area contributed by atoms with E-state index in [9.17, 15) is 50.0 Å². The molecule has 9 N–H and O–H groups in total. The van der Waals surface area contributed by atoms with Crippen molar-refractivity contribution >= 4 is 13.7 Å². The monoisotopic (exact) mass is 818 g/mol. The van der Waals surface area contributed by atoms with Crippen LogP contribution < -0.4 is 5.32 Å². The first-order valence-corrected chi connectivity index (χ1v) is 22.7. The van der Waals surface area contributed by atoms with Gasteiger partial charge in [0.05, 0.1) is 31.3 Å². The van der Waals surface area contributed by atoms with Crippen LogP contribution in [-0.2, 0) is 18.4 Å². The molecule has 0 aromatic rings. The van der Waals surface area contributed by atoms with E-state index >= 15 is 0 Å². The van der Waals surface area contributed by atoms with E-state index in [-0.39, 0.29) is 6.42 Å². The lowest BCUT2D eigenvalue weighted by molar-refractivity contribution is -0.220. The maximum atomic E-state index is 12.9. The third-order valence-corrected chi connectivity index (χ3v) is 10.9. The Hall–Kier alpha value is -1.74. The molecule has 13 nitrogen and oxygen atoms in total. The van der Waals surface area contributed by atoms with E-state index in [1.165, 1.54) is 95.6 Å². The molecular weight excluding hydrogens is 741 g/mol. The van der Waals surface area contributed by atoms with E-state index in [4.69, 9.17) is 9.05 Å². The van der Waals surface area contributed by atoms with Crippen LogP contribution in [0.15, 0.2) is 48.6 Å². The number of phosphoric ester groups is 1. The molecule has 1 saturated carbocycles. The molecule has 1 rings (SSSR count). The van der Waals surface area contributed by atoms with Crippen LogP contribution in [0.25, 0.3) is 0 Å². The second kappa shape index (κ2) is 32.2. The highest BCUT2D eigenvalue weighted by Crippen LogP contribution is 2.47. The van der Waals surface area contributed by atoms with E-state index in [0.29, 0.717) is 12.8 Å². The van der Waals surface area contributed by atoms with Crippen molar-refractivity contribution in [3.8, 4) is 0 Å². The summed E-state index contributed by atoms with van der Waals surface area (Å²) >= 11 is 0. The van der Waals surface area contributed by atoms with Gasteiger partial charge in [-0.25, -0.2) is 4.57 Å². The highest BCUT2D eigenvalue weighted by atomic mass is 31.2. The van der Waals surface area contributed by atoms with Gasteiger partial charge in [-0.15, -0.1) is 0 Å². The number of aliphatic hydroxyl groups is 7. The van der Waals surface area contributed by atoms with Crippen molar-refractivity contribution in [1.82, 2.24) is 5.32 Å². The molecule has 0 bridgehead atoms. The molecule has 0 aromatic heterocycles. The summed E-state index contributed by atoms with van der Waals surface area (Å²) in [4.78, 5) is 23.3. The van der Waals surface area contributed by atoms with Crippen LogP contribution in [-0.4, -0.2) is 108 Å². The number of phosphoric acid groups is 1. The lowest BCUT2D eigenvalue weighted by Gasteiger charge is -2.41. The van der Waals surface area contributed by atoms with Crippen LogP contribution >= 0.6 is 7.82 Å². The Morgan fingerprint density at radius 2 is 1.09 bits per heavy atom. The average molecular weight is 818 g/mol. The van der Waals surface area contributed by atoms with E-state index in [2.05, 4.69) is 37.4 Å². The zero-order valence-electron chi connectivity index (χ0n) is 34.0. The first-order chi connectivity index (χ1) is 26.8. The van der Waals surface area contributed by atoms with Crippen LogP contribution in [0.2, 0.25) is 0 Å². The largest absolute Gasteiger partial charge is 0.472 e. The van der Waals surface area contributed by atoms with Crippen LogP contribution in [0.4, 0.5) is 0 Å². The molecule has 8 unspecified atom stereocenters. The standard InChI is InChI=1S/C42H76NO12P/c1-3-5-7-9-11-13-15-16-17-18-20-22-24-26-28-30-35(45)34(32-54-56(52,53)55-42-40(50)38(48)37(47)39(49)41(42)51)43-36(46)31-33(44)29-27-25-23-21-19-14-12-10-8-6-4-2/h20-23,27-30,33-35,37-42,44-45,47-51H,3-19,24-26,31-32H2,1-2H3,(H,43,46)(H,52,53)/b22-20+,23-21-,29-27-,30-28+. The summed E-state index contributed by atoms with van der Waals surface area (Å²) in [5.41, 5.74) is 0. The van der Waals surface area contributed by atoms with Crippen molar-refractivity contribution in [2.75, 3.05) is 6.61 Å². The molecule has 1 amide bonds. The molecule has 56 heavy (non-hydrogen) atoms. The Morgan fingerprint density at radius 1 is 0.625 bits per heavy atom. The molecule has 326 valence electrons. The molecule has 0 heterocycles. The quantitative estimate of drug-likeness (QED) is 0.0212. The maximum absolute atomic E-state index is 12.9. The summed E-state index contributed by atoms with van der Waals surface area (Å²) in [6.45, 7) is 3.65. The minimum atomic E-state index is -5.16. The predicted octanol–water partition coefficient (Wildman–Crippen LogP) is 5.97. The second-order valence-electron chi connectivity index (χ2n) is 15.0. The number of unbranched alkanes of at least 4 members (excludes halogenated alkanes) is 16. The Kier molecular flexibility index (Phi) is 30.0. The summed E-state index contributed by atoms with van der Waals surface area (Å²) in [6, 6.07) is -1.29. The zero-order valence-corrected chi connectivity index (χ0v) is 34.9. The molecule has 0 spiro atoms. The number of nitrogens with one attached hydrogen (secondary N) is 1. The summed E-state index contributed by atoms with van der Waals surface area (Å²) in [5, 5.41) is 74.0. The van der Waals surface area contributed by atoms with Gasteiger partial charge in [-0.3, -0.25) is 13.8 Å².